The topological polar surface area (TPSA) is 96.4 Å². The fraction of sp³-hybridized carbons (Fsp3) is 0.600. The first-order valence-corrected chi connectivity index (χ1v) is 6.02. The van der Waals surface area contributed by atoms with Gasteiger partial charge in [-0.15, -0.1) is 11.3 Å². The number of nitrogens with two attached hydrogens (primary N) is 1. The third-order valence-corrected chi connectivity index (χ3v) is 4.19. The van der Waals surface area contributed by atoms with Crippen LogP contribution in [-0.2, 0) is 0 Å². The number of rotatable bonds is 4. The molecule has 1 fully saturated rings. The Morgan fingerprint density at radius 2 is 2.31 bits per heavy atom. The molecule has 1 aliphatic rings. The second kappa shape index (κ2) is 4.48. The van der Waals surface area contributed by atoms with Crippen LogP contribution in [0.4, 0.5) is 0 Å². The Hall–Kier alpha value is -0.980. The van der Waals surface area contributed by atoms with E-state index in [2.05, 4.69) is 4.98 Å². The summed E-state index contributed by atoms with van der Waals surface area (Å²) in [4.78, 5) is 15.0. The van der Waals surface area contributed by atoms with E-state index in [0.29, 0.717) is 0 Å². The van der Waals surface area contributed by atoms with Crippen LogP contribution < -0.4 is 5.73 Å². The Kier molecular flexibility index (Phi) is 3.22. The maximum absolute atomic E-state index is 10.9. The van der Waals surface area contributed by atoms with Crippen molar-refractivity contribution in [3.8, 4) is 0 Å². The monoisotopic (exact) mass is 242 g/mol. The number of aromatic nitrogens is 1. The SMILES string of the molecule is NC(=O)c1csc([C@@H]2C[C@H](CO)[C@H]2CO)n1. The molecule has 1 aliphatic carbocycles. The van der Waals surface area contributed by atoms with Crippen LogP contribution in [0.25, 0.3) is 0 Å². The molecule has 1 amide bonds. The van der Waals surface area contributed by atoms with Gasteiger partial charge in [0, 0.05) is 24.5 Å². The number of hydrogen-bond donors (Lipinski definition) is 3. The zero-order valence-electron chi connectivity index (χ0n) is 8.67. The molecule has 0 aromatic carbocycles. The van der Waals surface area contributed by atoms with Gasteiger partial charge in [-0.2, -0.15) is 0 Å². The fourth-order valence-corrected chi connectivity index (χ4v) is 3.15. The van der Waals surface area contributed by atoms with Gasteiger partial charge >= 0.3 is 0 Å². The van der Waals surface area contributed by atoms with E-state index in [9.17, 15) is 9.90 Å². The van der Waals surface area contributed by atoms with Crippen molar-refractivity contribution in [3.63, 3.8) is 0 Å². The number of aliphatic hydroxyl groups excluding tert-OH is 2. The van der Waals surface area contributed by atoms with E-state index in [0.717, 1.165) is 11.4 Å². The molecule has 1 heterocycles. The molecule has 3 atom stereocenters. The molecule has 2 rings (SSSR count). The van der Waals surface area contributed by atoms with E-state index in [1.807, 2.05) is 0 Å². The van der Waals surface area contributed by atoms with Gasteiger partial charge in [0.25, 0.3) is 5.91 Å². The number of thiazole rings is 1. The van der Waals surface area contributed by atoms with Gasteiger partial charge in [0.05, 0.1) is 5.01 Å². The Morgan fingerprint density at radius 1 is 1.56 bits per heavy atom. The van der Waals surface area contributed by atoms with E-state index in [-0.39, 0.29) is 36.7 Å². The van der Waals surface area contributed by atoms with Gasteiger partial charge in [0.15, 0.2) is 0 Å². The van der Waals surface area contributed by atoms with Gasteiger partial charge in [-0.1, -0.05) is 0 Å². The van der Waals surface area contributed by atoms with Crippen molar-refractivity contribution in [2.24, 2.45) is 17.6 Å². The Morgan fingerprint density at radius 3 is 2.81 bits per heavy atom. The molecule has 16 heavy (non-hydrogen) atoms. The van der Waals surface area contributed by atoms with Crippen molar-refractivity contribution in [3.05, 3.63) is 16.1 Å². The summed E-state index contributed by atoms with van der Waals surface area (Å²) >= 11 is 1.39. The molecule has 88 valence electrons. The van der Waals surface area contributed by atoms with Crippen molar-refractivity contribution in [1.82, 2.24) is 4.98 Å². The summed E-state index contributed by atoms with van der Waals surface area (Å²) in [6, 6.07) is 0. The van der Waals surface area contributed by atoms with Crippen molar-refractivity contribution in [2.45, 2.75) is 12.3 Å². The standard InChI is InChI=1S/C10H14N2O3S/c11-9(15)8-4-16-10(12-8)6-1-5(2-13)7(6)3-14/h4-7,13-14H,1-3H2,(H2,11,15)/t5-,6-,7-/m1/s1. The molecular formula is C10H14N2O3S. The third kappa shape index (κ3) is 1.83. The summed E-state index contributed by atoms with van der Waals surface area (Å²) in [5.41, 5.74) is 5.40. The summed E-state index contributed by atoms with van der Waals surface area (Å²) in [7, 11) is 0. The lowest BCUT2D eigenvalue weighted by Gasteiger charge is -2.41. The first-order chi connectivity index (χ1) is 7.67. The summed E-state index contributed by atoms with van der Waals surface area (Å²) in [5, 5.41) is 20.7. The minimum atomic E-state index is -0.527. The molecular weight excluding hydrogens is 228 g/mol. The fourth-order valence-electron chi connectivity index (χ4n) is 2.15. The zero-order valence-corrected chi connectivity index (χ0v) is 9.48. The summed E-state index contributed by atoms with van der Waals surface area (Å²) in [5.74, 6) is -0.172. The number of carbonyl (C=O) groups is 1. The molecule has 1 saturated carbocycles. The normalized spacial score (nSPS) is 28.8. The van der Waals surface area contributed by atoms with E-state index in [4.69, 9.17) is 10.8 Å². The van der Waals surface area contributed by atoms with Crippen LogP contribution in [0.2, 0.25) is 0 Å². The number of nitrogens with zero attached hydrogens (tertiary/aromatic N) is 1. The van der Waals surface area contributed by atoms with Crippen LogP contribution in [0.5, 0.6) is 0 Å². The quantitative estimate of drug-likeness (QED) is 0.689. The molecule has 5 nitrogen and oxygen atoms in total. The maximum Gasteiger partial charge on any atom is 0.268 e. The van der Waals surface area contributed by atoms with Crippen molar-refractivity contribution < 1.29 is 15.0 Å². The van der Waals surface area contributed by atoms with Crippen LogP contribution in [0.3, 0.4) is 0 Å². The highest BCUT2D eigenvalue weighted by atomic mass is 32.1. The van der Waals surface area contributed by atoms with Crippen LogP contribution >= 0.6 is 11.3 Å². The average Bonchev–Trinajstić information content (AvgIpc) is 2.67. The van der Waals surface area contributed by atoms with Crippen molar-refractivity contribution >= 4 is 17.2 Å². The second-order valence-electron chi connectivity index (χ2n) is 4.07. The molecule has 6 heteroatoms. The molecule has 0 unspecified atom stereocenters. The number of aliphatic hydroxyl groups is 2. The maximum atomic E-state index is 10.9. The van der Waals surface area contributed by atoms with E-state index < -0.39 is 5.91 Å². The molecule has 0 bridgehead atoms. The van der Waals surface area contributed by atoms with Crippen LogP contribution in [-0.4, -0.2) is 34.3 Å². The highest BCUT2D eigenvalue weighted by molar-refractivity contribution is 7.09. The van der Waals surface area contributed by atoms with Crippen molar-refractivity contribution in [2.75, 3.05) is 13.2 Å². The average molecular weight is 242 g/mol. The van der Waals surface area contributed by atoms with Gasteiger partial charge in [0.2, 0.25) is 0 Å². The highest BCUT2D eigenvalue weighted by Crippen LogP contribution is 2.47. The molecule has 4 N–H and O–H groups in total. The van der Waals surface area contributed by atoms with Gasteiger partial charge < -0.3 is 15.9 Å². The lowest BCUT2D eigenvalue weighted by molar-refractivity contribution is 0.0220. The Labute approximate surface area is 96.9 Å². The molecule has 1 aromatic heterocycles. The second-order valence-corrected chi connectivity index (χ2v) is 4.96. The lowest BCUT2D eigenvalue weighted by Crippen LogP contribution is -2.39. The van der Waals surface area contributed by atoms with Gasteiger partial charge in [-0.3, -0.25) is 4.79 Å². The van der Waals surface area contributed by atoms with Crippen LogP contribution in [0.1, 0.15) is 27.8 Å². The van der Waals surface area contributed by atoms with E-state index in [1.165, 1.54) is 11.3 Å². The highest BCUT2D eigenvalue weighted by Gasteiger charge is 2.42. The minimum Gasteiger partial charge on any atom is -0.396 e. The smallest absolute Gasteiger partial charge is 0.268 e. The number of carbonyl (C=O) groups excluding carboxylic acids is 1. The van der Waals surface area contributed by atoms with Crippen LogP contribution in [0, 0.1) is 11.8 Å². The molecule has 0 aliphatic heterocycles. The lowest BCUT2D eigenvalue weighted by atomic mass is 9.65. The molecule has 0 radical (unpaired) electrons. The first kappa shape index (κ1) is 11.5. The summed E-state index contributed by atoms with van der Waals surface area (Å²) < 4.78 is 0. The number of hydrogen-bond acceptors (Lipinski definition) is 5. The number of amides is 1. The van der Waals surface area contributed by atoms with Crippen LogP contribution in [0.15, 0.2) is 5.38 Å². The van der Waals surface area contributed by atoms with Gasteiger partial charge in [-0.25, -0.2) is 4.98 Å². The molecule has 0 saturated heterocycles. The van der Waals surface area contributed by atoms with Gasteiger partial charge in [-0.05, 0) is 18.3 Å². The van der Waals surface area contributed by atoms with Crippen molar-refractivity contribution in [1.29, 1.82) is 0 Å². The third-order valence-electron chi connectivity index (χ3n) is 3.22. The first-order valence-electron chi connectivity index (χ1n) is 5.14. The largest absolute Gasteiger partial charge is 0.396 e. The predicted molar refractivity (Wildman–Crippen MR) is 59.1 cm³/mol. The molecule has 0 spiro atoms. The Bertz CT molecular complexity index is 393. The predicted octanol–water partition coefficient (Wildman–Crippen LogP) is -0.0537. The number of primary amides is 1. The zero-order chi connectivity index (χ0) is 11.7. The summed E-state index contributed by atoms with van der Waals surface area (Å²) in [6.45, 7) is 0.136. The van der Waals surface area contributed by atoms with Gasteiger partial charge in [0.1, 0.15) is 5.69 Å². The Balaban J connectivity index is 2.10. The molecule has 1 aromatic rings. The summed E-state index contributed by atoms with van der Waals surface area (Å²) in [6.07, 6.45) is 0.813. The minimum absolute atomic E-state index is 0.0430. The van der Waals surface area contributed by atoms with E-state index >= 15 is 0 Å². The van der Waals surface area contributed by atoms with E-state index in [1.54, 1.807) is 5.38 Å².